The maximum absolute atomic E-state index is 2.54. The second-order valence-electron chi connectivity index (χ2n) is 6.04. The van der Waals surface area contributed by atoms with E-state index in [1.54, 1.807) is 10.9 Å². The molecule has 1 radical (unpaired) electrons. The van der Waals surface area contributed by atoms with Gasteiger partial charge in [0.15, 0.2) is 7.28 Å². The summed E-state index contributed by atoms with van der Waals surface area (Å²) < 4.78 is 0. The molecule has 1 aromatic rings. The van der Waals surface area contributed by atoms with Crippen LogP contribution in [0.25, 0.3) is 0 Å². The van der Waals surface area contributed by atoms with Crippen molar-refractivity contribution in [3.8, 4) is 0 Å². The molecule has 2 heteroatoms. The van der Waals surface area contributed by atoms with Crippen LogP contribution in [0.15, 0.2) is 47.9 Å². The van der Waals surface area contributed by atoms with E-state index in [1.165, 1.54) is 18.1 Å². The smallest absolute Gasteiger partial charge is 0.117 e. The third kappa shape index (κ3) is 2.23. The number of rotatable bonds is 4. The molecule has 1 aromatic carbocycles. The molecule has 2 aliphatic rings. The van der Waals surface area contributed by atoms with Crippen LogP contribution in [0.5, 0.6) is 0 Å². The minimum Gasteiger partial charge on any atom is -0.117 e. The molecule has 3 rings (SSSR count). The van der Waals surface area contributed by atoms with Crippen molar-refractivity contribution < 1.29 is 0 Å². The molecule has 0 amide bonds. The summed E-state index contributed by atoms with van der Waals surface area (Å²) in [5.41, 5.74) is 4.01. The fraction of sp³-hybridized carbons (Fsp3) is 0.412. The van der Waals surface area contributed by atoms with Gasteiger partial charge in [0.1, 0.15) is 11.8 Å². The largest absolute Gasteiger partial charge is 0.176 e. The Balaban J connectivity index is 2.00. The van der Waals surface area contributed by atoms with E-state index in [4.69, 9.17) is 0 Å². The predicted molar refractivity (Wildman–Crippen MR) is 89.3 cm³/mol. The van der Waals surface area contributed by atoms with Crippen molar-refractivity contribution >= 4 is 19.8 Å². The van der Waals surface area contributed by atoms with E-state index < -0.39 is 7.26 Å². The van der Waals surface area contributed by atoms with E-state index in [-0.39, 0.29) is 0 Å². The molecular formula is C17H22BP+. The molecule has 3 unspecified atom stereocenters. The maximum atomic E-state index is 2.54. The van der Waals surface area contributed by atoms with Gasteiger partial charge in [-0.1, -0.05) is 42.7 Å². The fourth-order valence-electron chi connectivity index (χ4n) is 3.34. The van der Waals surface area contributed by atoms with E-state index in [0.717, 1.165) is 5.66 Å². The van der Waals surface area contributed by atoms with Gasteiger partial charge in [-0.25, -0.2) is 0 Å². The summed E-state index contributed by atoms with van der Waals surface area (Å²) in [6.45, 7) is 7.27. The molecule has 0 spiro atoms. The highest BCUT2D eigenvalue weighted by atomic mass is 31.2. The Labute approximate surface area is 118 Å². The van der Waals surface area contributed by atoms with Gasteiger partial charge in [0, 0.05) is 11.5 Å². The molecule has 0 bridgehead atoms. The molecule has 0 saturated carbocycles. The fourth-order valence-corrected chi connectivity index (χ4v) is 7.00. The quantitative estimate of drug-likeness (QED) is 0.572. The summed E-state index contributed by atoms with van der Waals surface area (Å²) >= 11 is 0. The molecule has 97 valence electrons. The minimum absolute atomic E-state index is 0.579. The lowest BCUT2D eigenvalue weighted by Gasteiger charge is -2.20. The van der Waals surface area contributed by atoms with Crippen LogP contribution in [0.3, 0.4) is 0 Å². The number of hydrogen-bond donors (Lipinski definition) is 0. The van der Waals surface area contributed by atoms with Crippen LogP contribution < -0.4 is 5.30 Å². The third-order valence-electron chi connectivity index (χ3n) is 4.84. The predicted octanol–water partition coefficient (Wildman–Crippen LogP) is 3.97. The first kappa shape index (κ1) is 13.2. The monoisotopic (exact) mass is 268 g/mol. The summed E-state index contributed by atoms with van der Waals surface area (Å²) in [5, 5.41) is 1.69. The van der Waals surface area contributed by atoms with Crippen molar-refractivity contribution in [3.63, 3.8) is 0 Å². The van der Waals surface area contributed by atoms with Crippen LogP contribution in [-0.4, -0.2) is 25.8 Å². The molecule has 1 saturated heterocycles. The standard InChI is InChI=1S/C17H22BP/c1-4-14(16-9-7-11-18-16)15-8-5-6-10-17(15)19(3)12-13(19)2/h5-11,13-14H,4,12H2,1-3H3/q+1. The molecule has 0 aliphatic carbocycles. The third-order valence-corrected chi connectivity index (χ3v) is 9.32. The lowest BCUT2D eigenvalue weighted by molar-refractivity contribution is 0.796. The van der Waals surface area contributed by atoms with Crippen LogP contribution in [0.1, 0.15) is 31.7 Å². The number of benzene rings is 1. The van der Waals surface area contributed by atoms with Crippen LogP contribution in [-0.2, 0) is 0 Å². The van der Waals surface area contributed by atoms with Gasteiger partial charge in [-0.05, 0) is 19.4 Å². The number of hydrogen-bond acceptors (Lipinski definition) is 0. The molecule has 0 aromatic heterocycles. The number of allylic oxidation sites excluding steroid dienone is 3. The average Bonchev–Trinajstić information content (AvgIpc) is 2.84. The molecule has 19 heavy (non-hydrogen) atoms. The van der Waals surface area contributed by atoms with Gasteiger partial charge in [0.2, 0.25) is 0 Å². The van der Waals surface area contributed by atoms with Crippen LogP contribution in [0.2, 0.25) is 0 Å². The zero-order chi connectivity index (χ0) is 13.5. The zero-order valence-corrected chi connectivity index (χ0v) is 13.0. The molecule has 3 atom stereocenters. The molecule has 2 heterocycles. The van der Waals surface area contributed by atoms with Crippen molar-refractivity contribution in [1.29, 1.82) is 0 Å². The zero-order valence-electron chi connectivity index (χ0n) is 12.1. The lowest BCUT2D eigenvalue weighted by atomic mass is 9.65. The highest BCUT2D eigenvalue weighted by molar-refractivity contribution is 7.89. The SMILES string of the molecule is CCC(C1=CC=C[B]1)c1ccccc1[P+]1(C)CC1C. The van der Waals surface area contributed by atoms with Crippen molar-refractivity contribution in [2.45, 2.75) is 31.8 Å². The van der Waals surface area contributed by atoms with Gasteiger partial charge in [-0.15, -0.1) is 5.98 Å². The first-order valence-corrected chi connectivity index (χ1v) is 9.82. The van der Waals surface area contributed by atoms with Crippen molar-refractivity contribution in [2.24, 2.45) is 0 Å². The Morgan fingerprint density at radius 3 is 2.68 bits per heavy atom. The van der Waals surface area contributed by atoms with Gasteiger partial charge < -0.3 is 0 Å². The molecule has 2 aliphatic heterocycles. The topological polar surface area (TPSA) is 0 Å². The van der Waals surface area contributed by atoms with Crippen molar-refractivity contribution in [2.75, 3.05) is 12.8 Å². The first-order chi connectivity index (χ1) is 9.16. The van der Waals surface area contributed by atoms with E-state index >= 15 is 0 Å². The normalized spacial score (nSPS) is 29.8. The van der Waals surface area contributed by atoms with E-state index in [2.05, 4.69) is 70.2 Å². The minimum atomic E-state index is -0.816. The van der Waals surface area contributed by atoms with Gasteiger partial charge >= 0.3 is 0 Å². The van der Waals surface area contributed by atoms with Gasteiger partial charge in [0.25, 0.3) is 0 Å². The van der Waals surface area contributed by atoms with Crippen molar-refractivity contribution in [1.82, 2.24) is 0 Å². The summed E-state index contributed by atoms with van der Waals surface area (Å²) in [6, 6.07) is 9.21. The van der Waals surface area contributed by atoms with E-state index in [0.29, 0.717) is 5.92 Å². The van der Waals surface area contributed by atoms with Crippen molar-refractivity contribution in [3.05, 3.63) is 53.4 Å². The second kappa shape index (κ2) is 4.95. The van der Waals surface area contributed by atoms with Gasteiger partial charge in [-0.3, -0.25) is 0 Å². The van der Waals surface area contributed by atoms with E-state index in [1.807, 2.05) is 0 Å². The highest BCUT2D eigenvalue weighted by Crippen LogP contribution is 2.74. The Bertz CT molecular complexity index is 546. The average molecular weight is 268 g/mol. The second-order valence-corrected chi connectivity index (χ2v) is 10.3. The Hall–Kier alpha value is -0.805. The maximum Gasteiger partial charge on any atom is 0.176 e. The molecule has 0 nitrogen and oxygen atoms in total. The van der Waals surface area contributed by atoms with Gasteiger partial charge in [0.05, 0.1) is 19.2 Å². The summed E-state index contributed by atoms with van der Waals surface area (Å²) in [7, 11) is 1.46. The van der Waals surface area contributed by atoms with E-state index in [9.17, 15) is 0 Å². The molecule has 0 N–H and O–H groups in total. The summed E-state index contributed by atoms with van der Waals surface area (Å²) in [4.78, 5) is 0. The van der Waals surface area contributed by atoms with Crippen LogP contribution in [0.4, 0.5) is 0 Å². The Morgan fingerprint density at radius 2 is 2.11 bits per heavy atom. The van der Waals surface area contributed by atoms with Gasteiger partial charge in [-0.2, -0.15) is 0 Å². The lowest BCUT2D eigenvalue weighted by Crippen LogP contribution is -2.16. The molecule has 1 fully saturated rings. The summed E-state index contributed by atoms with van der Waals surface area (Å²) in [5.74, 6) is 2.74. The van der Waals surface area contributed by atoms with Crippen LogP contribution in [0, 0.1) is 0 Å². The highest BCUT2D eigenvalue weighted by Gasteiger charge is 2.59. The Kier molecular flexibility index (Phi) is 3.43. The summed E-state index contributed by atoms with van der Waals surface area (Å²) in [6.07, 6.45) is 7.08. The first-order valence-electron chi connectivity index (χ1n) is 7.33. The van der Waals surface area contributed by atoms with Crippen LogP contribution >= 0.6 is 7.26 Å². The molecular weight excluding hydrogens is 246 g/mol. The Morgan fingerprint density at radius 1 is 1.37 bits per heavy atom.